The highest BCUT2D eigenvalue weighted by molar-refractivity contribution is 6.14. The van der Waals surface area contributed by atoms with E-state index in [1.807, 2.05) is 44.3 Å². The van der Waals surface area contributed by atoms with Gasteiger partial charge in [0.1, 0.15) is 17.9 Å². The molecule has 0 unspecified atom stereocenters. The SMILES string of the molecule is CC[C@@H](C)N1C(=O)[C@@H]2[C@@H](C(C)C)[NH2+][C@]3(C(=O)Nc4ccc(C)cc43)[C@@H]2C1=O. The molecule has 144 valence electrons. The van der Waals surface area contributed by atoms with Crippen molar-refractivity contribution in [2.75, 3.05) is 5.32 Å². The molecule has 2 saturated heterocycles. The number of nitrogens with zero attached hydrogens (tertiary/aromatic N) is 1. The number of nitrogens with two attached hydrogens (primary N) is 1. The van der Waals surface area contributed by atoms with Gasteiger partial charge in [-0.3, -0.25) is 19.3 Å². The highest BCUT2D eigenvalue weighted by Crippen LogP contribution is 2.50. The van der Waals surface area contributed by atoms with E-state index in [1.165, 1.54) is 4.90 Å². The van der Waals surface area contributed by atoms with Crippen molar-refractivity contribution < 1.29 is 19.7 Å². The molecule has 4 rings (SSSR count). The fourth-order valence-electron chi connectivity index (χ4n) is 5.25. The van der Waals surface area contributed by atoms with Gasteiger partial charge in [-0.2, -0.15) is 0 Å². The molecule has 6 heteroatoms. The van der Waals surface area contributed by atoms with Crippen LogP contribution in [0, 0.1) is 24.7 Å². The van der Waals surface area contributed by atoms with Crippen LogP contribution >= 0.6 is 0 Å². The summed E-state index contributed by atoms with van der Waals surface area (Å²) < 4.78 is 0. The van der Waals surface area contributed by atoms with Crippen LogP contribution in [0.2, 0.25) is 0 Å². The van der Waals surface area contributed by atoms with Gasteiger partial charge in [0.05, 0.1) is 5.69 Å². The first-order valence-corrected chi connectivity index (χ1v) is 9.89. The first-order chi connectivity index (χ1) is 12.7. The Morgan fingerprint density at radius 2 is 1.89 bits per heavy atom. The second-order valence-electron chi connectivity index (χ2n) is 8.67. The lowest BCUT2D eigenvalue weighted by Crippen LogP contribution is -2.99. The summed E-state index contributed by atoms with van der Waals surface area (Å²) >= 11 is 0. The molecule has 1 aromatic carbocycles. The predicted octanol–water partition coefficient (Wildman–Crippen LogP) is 1.14. The van der Waals surface area contributed by atoms with Crippen molar-refractivity contribution >= 4 is 23.4 Å². The lowest BCUT2D eigenvalue weighted by Gasteiger charge is -2.29. The smallest absolute Gasteiger partial charge is 0.291 e. The minimum absolute atomic E-state index is 0.0993. The molecular weight excluding hydrogens is 342 g/mol. The molecule has 27 heavy (non-hydrogen) atoms. The molecule has 2 fully saturated rings. The molecule has 3 N–H and O–H groups in total. The lowest BCUT2D eigenvalue weighted by atomic mass is 9.75. The Labute approximate surface area is 159 Å². The number of amides is 3. The van der Waals surface area contributed by atoms with Gasteiger partial charge in [0, 0.05) is 17.5 Å². The number of likely N-dealkylation sites (tertiary alicyclic amines) is 1. The monoisotopic (exact) mass is 370 g/mol. The number of quaternary nitrogens is 1. The lowest BCUT2D eigenvalue weighted by molar-refractivity contribution is -0.738. The zero-order valence-electron chi connectivity index (χ0n) is 16.6. The number of carbonyl (C=O) groups excluding carboxylic acids is 3. The van der Waals surface area contributed by atoms with Crippen molar-refractivity contribution in [3.05, 3.63) is 29.3 Å². The third kappa shape index (κ3) is 2.19. The molecule has 5 atom stereocenters. The van der Waals surface area contributed by atoms with Crippen LogP contribution in [0.3, 0.4) is 0 Å². The second-order valence-corrected chi connectivity index (χ2v) is 8.67. The van der Waals surface area contributed by atoms with E-state index in [1.54, 1.807) is 0 Å². The van der Waals surface area contributed by atoms with Gasteiger partial charge in [-0.05, 0) is 32.4 Å². The summed E-state index contributed by atoms with van der Waals surface area (Å²) in [7, 11) is 0. The zero-order chi connectivity index (χ0) is 19.7. The van der Waals surface area contributed by atoms with Crippen molar-refractivity contribution in [1.29, 1.82) is 0 Å². The summed E-state index contributed by atoms with van der Waals surface area (Å²) in [6.45, 7) is 9.98. The van der Waals surface area contributed by atoms with Crippen molar-refractivity contribution in [1.82, 2.24) is 4.90 Å². The molecule has 3 heterocycles. The number of rotatable bonds is 3. The van der Waals surface area contributed by atoms with Crippen molar-refractivity contribution in [3.63, 3.8) is 0 Å². The Bertz CT molecular complexity index is 849. The van der Waals surface area contributed by atoms with Crippen LogP contribution in [0.15, 0.2) is 18.2 Å². The van der Waals surface area contributed by atoms with Gasteiger partial charge in [-0.1, -0.05) is 32.4 Å². The topological polar surface area (TPSA) is 83.1 Å². The summed E-state index contributed by atoms with van der Waals surface area (Å²) in [5, 5.41) is 4.98. The molecule has 0 saturated carbocycles. The minimum atomic E-state index is -1.05. The van der Waals surface area contributed by atoms with Crippen molar-refractivity contribution in [2.24, 2.45) is 17.8 Å². The minimum Gasteiger partial charge on any atom is -0.326 e. The first-order valence-electron chi connectivity index (χ1n) is 9.89. The number of anilines is 1. The molecule has 3 aliphatic rings. The third-order valence-electron chi connectivity index (χ3n) is 6.79. The van der Waals surface area contributed by atoms with Crippen LogP contribution in [0.5, 0.6) is 0 Å². The van der Waals surface area contributed by atoms with Gasteiger partial charge in [0.2, 0.25) is 17.4 Å². The number of imide groups is 1. The molecular formula is C21H28N3O3+. The van der Waals surface area contributed by atoms with Crippen LogP contribution in [0.4, 0.5) is 5.69 Å². The van der Waals surface area contributed by atoms with Crippen molar-refractivity contribution in [2.45, 2.75) is 58.7 Å². The summed E-state index contributed by atoms with van der Waals surface area (Å²) in [6, 6.07) is 5.60. The van der Waals surface area contributed by atoms with E-state index in [0.29, 0.717) is 6.42 Å². The fourth-order valence-corrected chi connectivity index (χ4v) is 5.25. The maximum atomic E-state index is 13.5. The van der Waals surface area contributed by atoms with Crippen LogP contribution < -0.4 is 10.6 Å². The van der Waals surface area contributed by atoms with Gasteiger partial charge in [0.15, 0.2) is 0 Å². The zero-order valence-corrected chi connectivity index (χ0v) is 16.6. The molecule has 6 nitrogen and oxygen atoms in total. The molecule has 3 aliphatic heterocycles. The highest BCUT2D eigenvalue weighted by atomic mass is 16.2. The Morgan fingerprint density at radius 3 is 2.52 bits per heavy atom. The Balaban J connectivity index is 1.92. The number of aryl methyl sites for hydroxylation is 1. The molecule has 1 aromatic rings. The van der Waals surface area contributed by atoms with Crippen LogP contribution in [-0.2, 0) is 19.9 Å². The summed E-state index contributed by atoms with van der Waals surface area (Å²) in [4.78, 5) is 41.4. The largest absolute Gasteiger partial charge is 0.326 e. The molecule has 0 bridgehead atoms. The van der Waals surface area contributed by atoms with Gasteiger partial charge < -0.3 is 10.6 Å². The van der Waals surface area contributed by atoms with E-state index in [0.717, 1.165) is 16.8 Å². The van der Waals surface area contributed by atoms with Gasteiger partial charge in [-0.15, -0.1) is 0 Å². The Morgan fingerprint density at radius 1 is 1.19 bits per heavy atom. The van der Waals surface area contributed by atoms with E-state index in [9.17, 15) is 14.4 Å². The number of fused-ring (bicyclic) bond motifs is 4. The first kappa shape index (κ1) is 18.2. The number of hydrogen-bond donors (Lipinski definition) is 2. The molecule has 0 aliphatic carbocycles. The summed E-state index contributed by atoms with van der Waals surface area (Å²) in [6.07, 6.45) is 0.710. The van der Waals surface area contributed by atoms with Gasteiger partial charge in [0.25, 0.3) is 5.91 Å². The van der Waals surface area contributed by atoms with E-state index in [2.05, 4.69) is 19.2 Å². The number of nitrogens with one attached hydrogen (secondary N) is 1. The van der Waals surface area contributed by atoms with Gasteiger partial charge in [-0.25, -0.2) is 0 Å². The quantitative estimate of drug-likeness (QED) is 0.783. The van der Waals surface area contributed by atoms with Crippen LogP contribution in [0.1, 0.15) is 45.2 Å². The molecule has 0 aromatic heterocycles. The number of benzene rings is 1. The summed E-state index contributed by atoms with van der Waals surface area (Å²) in [5.74, 6) is -1.40. The van der Waals surface area contributed by atoms with E-state index < -0.39 is 17.4 Å². The maximum absolute atomic E-state index is 13.5. The highest BCUT2D eigenvalue weighted by Gasteiger charge is 2.74. The van der Waals surface area contributed by atoms with Crippen LogP contribution in [-0.4, -0.2) is 34.7 Å². The normalized spacial score (nSPS) is 33.0. The van der Waals surface area contributed by atoms with Gasteiger partial charge >= 0.3 is 0 Å². The summed E-state index contributed by atoms with van der Waals surface area (Å²) in [5.41, 5.74) is 1.60. The van der Waals surface area contributed by atoms with E-state index in [4.69, 9.17) is 0 Å². The number of hydrogen-bond acceptors (Lipinski definition) is 3. The predicted molar refractivity (Wildman–Crippen MR) is 101 cm³/mol. The Kier molecular flexibility index (Phi) is 3.97. The Hall–Kier alpha value is -2.21. The average molecular weight is 370 g/mol. The third-order valence-corrected chi connectivity index (χ3v) is 6.79. The average Bonchev–Trinajstić information content (AvgIpc) is 3.20. The maximum Gasteiger partial charge on any atom is 0.291 e. The van der Waals surface area contributed by atoms with Crippen molar-refractivity contribution in [3.8, 4) is 0 Å². The standard InChI is InChI=1S/C21H27N3O3/c1-6-12(5)24-18(25)15-16(19(24)26)21(23-17(15)10(2)3)13-9-11(4)7-8-14(13)22-20(21)27/h7-10,12,15-17,23H,6H2,1-5H3,(H,22,27)/p+1/t12-,15+,16+,17-,21+/m1/s1. The number of carbonyl (C=O) groups is 3. The molecule has 0 radical (unpaired) electrons. The molecule has 1 spiro atoms. The second kappa shape index (κ2) is 5.89. The molecule has 3 amide bonds. The van der Waals surface area contributed by atoms with Crippen LogP contribution in [0.25, 0.3) is 0 Å². The van der Waals surface area contributed by atoms with E-state index >= 15 is 0 Å². The fraction of sp³-hybridized carbons (Fsp3) is 0.571. The van der Waals surface area contributed by atoms with E-state index in [-0.39, 0.29) is 35.7 Å².